The molecule has 4 fully saturated rings. The van der Waals surface area contributed by atoms with Gasteiger partial charge in [0.2, 0.25) is 18.2 Å². The van der Waals surface area contributed by atoms with E-state index in [4.69, 9.17) is 10.1 Å². The van der Waals surface area contributed by atoms with E-state index >= 15 is 0 Å². The number of hydrogen-bond donors (Lipinski definition) is 3. The average molecular weight is 836 g/mol. The van der Waals surface area contributed by atoms with Crippen molar-refractivity contribution in [1.82, 2.24) is 24.9 Å². The van der Waals surface area contributed by atoms with Gasteiger partial charge in [0.15, 0.2) is 0 Å². The van der Waals surface area contributed by atoms with Gasteiger partial charge in [-0.15, -0.1) is 13.2 Å². The summed E-state index contributed by atoms with van der Waals surface area (Å²) in [5.41, 5.74) is 8.43. The molecule has 4 saturated heterocycles. The molecule has 4 aliphatic rings. The number of nitrogens with zero attached hydrogens (tertiary/aromatic N) is 4. The third kappa shape index (κ3) is 14.8. The van der Waals surface area contributed by atoms with E-state index in [1.165, 1.54) is 77.4 Å². The Kier molecular flexibility index (Phi) is 20.5. The second kappa shape index (κ2) is 25.7. The zero-order valence-electron chi connectivity index (χ0n) is 36.8. The molecular formula is C49H69N7O5. The van der Waals surface area contributed by atoms with Crippen molar-refractivity contribution in [2.45, 2.75) is 83.6 Å². The summed E-state index contributed by atoms with van der Waals surface area (Å²) in [6.45, 7) is 20.5. The molecule has 4 aliphatic heterocycles. The number of ether oxygens (including phenoxy) is 1. The van der Waals surface area contributed by atoms with Crippen molar-refractivity contribution in [3.63, 3.8) is 0 Å². The fraction of sp³-hybridized carbons (Fsp3) is 0.490. The Morgan fingerprint density at radius 1 is 0.820 bits per heavy atom. The summed E-state index contributed by atoms with van der Waals surface area (Å²) in [5.74, 6) is 1.47. The molecule has 0 saturated carbocycles. The number of imide groups is 2. The maximum Gasteiger partial charge on any atom is 0.261 e. The maximum absolute atomic E-state index is 13.2. The fourth-order valence-corrected chi connectivity index (χ4v) is 8.60. The SMILES string of the molecule is C=C.CC(=N)c1ccc(Oc2ccccc2)cc1.CN.Cc1cc(C2CCN(CCN3CCC(CN4CCCCC4)CC3)CC2)ccc1C(=O)N(C=O)C1CCC(=O)NC1=O. The van der Waals surface area contributed by atoms with Crippen molar-refractivity contribution in [2.24, 2.45) is 11.7 Å². The van der Waals surface area contributed by atoms with Crippen LogP contribution < -0.4 is 15.8 Å². The van der Waals surface area contributed by atoms with Crippen molar-refractivity contribution in [3.8, 4) is 11.5 Å². The lowest BCUT2D eigenvalue weighted by atomic mass is 9.87. The van der Waals surface area contributed by atoms with E-state index in [9.17, 15) is 19.2 Å². The third-order valence-electron chi connectivity index (χ3n) is 12.1. The summed E-state index contributed by atoms with van der Waals surface area (Å²) in [5, 5.41) is 9.71. The van der Waals surface area contributed by atoms with E-state index in [-0.39, 0.29) is 18.7 Å². The van der Waals surface area contributed by atoms with Crippen molar-refractivity contribution in [1.29, 1.82) is 5.41 Å². The van der Waals surface area contributed by atoms with Crippen LogP contribution in [0, 0.1) is 18.3 Å². The summed E-state index contributed by atoms with van der Waals surface area (Å²) in [6.07, 6.45) is 9.73. The van der Waals surface area contributed by atoms with Crippen molar-refractivity contribution >= 4 is 29.8 Å². The van der Waals surface area contributed by atoms with Crippen LogP contribution in [0.1, 0.15) is 97.7 Å². The molecule has 1 unspecified atom stereocenters. The standard InChI is InChI=1S/C32H47N5O4.C14H13NO.C2H4.CH5N/c1-24-21-27(5-6-28(24)32(41)37(23-38)29-7-8-30(39)33-31(29)40)26-11-17-35(18-12-26)20-19-34-15-9-25(10-16-34)22-36-13-3-2-4-14-36;1-11(15)12-7-9-14(10-8-12)16-13-5-3-2-4-6-13;2*1-2/h5-6,21,23,25-26,29H,2-4,7-20,22H2,1H3,(H,33,39,40);2-10,15H,1H3;1-2H2;2H2,1H3. The predicted molar refractivity (Wildman–Crippen MR) is 244 cm³/mol. The molecular weight excluding hydrogens is 767 g/mol. The van der Waals surface area contributed by atoms with Gasteiger partial charge in [0.25, 0.3) is 5.91 Å². The minimum Gasteiger partial charge on any atom is -0.457 e. The molecule has 1 atom stereocenters. The van der Waals surface area contributed by atoms with Gasteiger partial charge in [-0.05, 0) is 176 Å². The number of aryl methyl sites for hydroxylation is 1. The Bertz CT molecular complexity index is 1830. The van der Waals surface area contributed by atoms with Crippen LogP contribution in [0.15, 0.2) is 86.0 Å². The highest BCUT2D eigenvalue weighted by atomic mass is 16.5. The number of carbonyl (C=O) groups excluding carboxylic acids is 4. The minimum atomic E-state index is -0.952. The van der Waals surface area contributed by atoms with Crippen molar-refractivity contribution < 1.29 is 23.9 Å². The largest absolute Gasteiger partial charge is 0.457 e. The van der Waals surface area contributed by atoms with Gasteiger partial charge in [-0.1, -0.05) is 36.8 Å². The number of likely N-dealkylation sites (tertiary alicyclic amines) is 3. The molecule has 0 spiro atoms. The molecule has 4 amide bonds. The van der Waals surface area contributed by atoms with Gasteiger partial charge >= 0.3 is 0 Å². The Morgan fingerprint density at radius 3 is 1.97 bits per heavy atom. The summed E-state index contributed by atoms with van der Waals surface area (Å²) in [6, 6.07) is 22.1. The predicted octanol–water partition coefficient (Wildman–Crippen LogP) is 7.02. The molecule has 4 heterocycles. The van der Waals surface area contributed by atoms with Crippen LogP contribution in [-0.2, 0) is 14.4 Å². The number of para-hydroxylation sites is 1. The molecule has 0 radical (unpaired) electrons. The number of piperidine rings is 4. The van der Waals surface area contributed by atoms with Crippen molar-refractivity contribution in [3.05, 3.63) is 108 Å². The smallest absolute Gasteiger partial charge is 0.261 e. The lowest BCUT2D eigenvalue weighted by Gasteiger charge is -2.38. The highest BCUT2D eigenvalue weighted by Crippen LogP contribution is 2.30. The zero-order chi connectivity index (χ0) is 44.1. The monoisotopic (exact) mass is 836 g/mol. The van der Waals surface area contributed by atoms with E-state index in [1.54, 1.807) is 13.0 Å². The Hall–Kier alpha value is -5.01. The molecule has 0 bridgehead atoms. The Balaban J connectivity index is 0.000000341. The average Bonchev–Trinajstić information content (AvgIpc) is 3.29. The van der Waals surface area contributed by atoms with Crippen LogP contribution >= 0.6 is 0 Å². The van der Waals surface area contributed by atoms with Crippen LogP contribution in [-0.4, -0.2) is 121 Å². The number of carbonyl (C=O) groups is 4. The lowest BCUT2D eigenvalue weighted by molar-refractivity contribution is -0.139. The highest BCUT2D eigenvalue weighted by Gasteiger charge is 2.35. The molecule has 7 rings (SSSR count). The first-order valence-corrected chi connectivity index (χ1v) is 22.0. The van der Waals surface area contributed by atoms with Crippen molar-refractivity contribution in [2.75, 3.05) is 66.0 Å². The van der Waals surface area contributed by atoms with Gasteiger partial charge in [0.05, 0.1) is 0 Å². The molecule has 0 aromatic heterocycles. The number of nitrogens with two attached hydrogens (primary N) is 1. The fourth-order valence-electron chi connectivity index (χ4n) is 8.60. The van der Waals surface area contributed by atoms with Gasteiger partial charge in [0, 0.05) is 37.3 Å². The lowest BCUT2D eigenvalue weighted by Crippen LogP contribution is -2.53. The summed E-state index contributed by atoms with van der Waals surface area (Å²) in [7, 11) is 1.50. The Morgan fingerprint density at radius 2 is 1.41 bits per heavy atom. The van der Waals surface area contributed by atoms with E-state index in [0.717, 1.165) is 72.5 Å². The first kappa shape index (κ1) is 48.7. The Labute approximate surface area is 364 Å². The molecule has 12 heteroatoms. The molecule has 4 N–H and O–H groups in total. The second-order valence-electron chi connectivity index (χ2n) is 16.2. The van der Waals surface area contributed by atoms with Gasteiger partial charge in [0.1, 0.15) is 17.5 Å². The first-order valence-electron chi connectivity index (χ1n) is 22.0. The molecule has 3 aromatic rings. The van der Waals surface area contributed by atoms with E-state index < -0.39 is 17.9 Å². The summed E-state index contributed by atoms with van der Waals surface area (Å²) < 4.78 is 5.64. The first-order chi connectivity index (χ1) is 29.7. The van der Waals surface area contributed by atoms with Crippen LogP contribution in [0.3, 0.4) is 0 Å². The number of benzene rings is 3. The molecule has 61 heavy (non-hydrogen) atoms. The quantitative estimate of drug-likeness (QED) is 0.0757. The number of amides is 4. The van der Waals surface area contributed by atoms with Gasteiger partial charge in [-0.3, -0.25) is 29.4 Å². The third-order valence-corrected chi connectivity index (χ3v) is 12.1. The topological polar surface area (TPSA) is 152 Å². The highest BCUT2D eigenvalue weighted by molar-refractivity contribution is 6.07. The van der Waals surface area contributed by atoms with E-state index in [1.807, 2.05) is 67.6 Å². The zero-order valence-corrected chi connectivity index (χ0v) is 36.8. The van der Waals surface area contributed by atoms with Gasteiger partial charge in [-0.2, -0.15) is 0 Å². The molecule has 12 nitrogen and oxygen atoms in total. The van der Waals surface area contributed by atoms with E-state index in [0.29, 0.717) is 23.6 Å². The summed E-state index contributed by atoms with van der Waals surface area (Å²) in [4.78, 5) is 57.6. The maximum atomic E-state index is 13.2. The van der Waals surface area contributed by atoms with Gasteiger partial charge < -0.3 is 30.6 Å². The number of rotatable bonds is 12. The van der Waals surface area contributed by atoms with E-state index in [2.05, 4.69) is 45.0 Å². The van der Waals surface area contributed by atoms with Crippen LogP contribution in [0.5, 0.6) is 11.5 Å². The molecule has 3 aromatic carbocycles. The summed E-state index contributed by atoms with van der Waals surface area (Å²) >= 11 is 0. The number of hydrogen-bond acceptors (Lipinski definition) is 10. The second-order valence-corrected chi connectivity index (χ2v) is 16.2. The van der Waals surface area contributed by atoms with Crippen LogP contribution in [0.4, 0.5) is 0 Å². The molecule has 330 valence electrons. The van der Waals surface area contributed by atoms with Gasteiger partial charge in [-0.25, -0.2) is 0 Å². The normalized spacial score (nSPS) is 19.0. The van der Waals surface area contributed by atoms with Crippen LogP contribution in [0.25, 0.3) is 0 Å². The van der Waals surface area contributed by atoms with Crippen LogP contribution in [0.2, 0.25) is 0 Å². The number of nitrogens with one attached hydrogen (secondary N) is 2. The minimum absolute atomic E-state index is 0.113. The molecule has 0 aliphatic carbocycles.